The van der Waals surface area contributed by atoms with Crippen LogP contribution in [0, 0.1) is 10.5 Å². The van der Waals surface area contributed by atoms with Crippen LogP contribution in [-0.4, -0.2) is 17.6 Å². The highest BCUT2D eigenvalue weighted by atomic mass is 127. The van der Waals surface area contributed by atoms with Crippen LogP contribution in [0.25, 0.3) is 11.3 Å². The third kappa shape index (κ3) is 3.22. The summed E-state index contributed by atoms with van der Waals surface area (Å²) in [5, 5.41) is 4.09. The van der Waals surface area contributed by atoms with Crippen LogP contribution < -0.4 is 0 Å². The molecule has 0 radical (unpaired) electrons. The van der Waals surface area contributed by atoms with Gasteiger partial charge in [-0.2, -0.15) is 17.6 Å². The Bertz CT molecular complexity index is 949. The van der Waals surface area contributed by atoms with Crippen molar-refractivity contribution >= 4 is 48.5 Å². The largest absolute Gasteiger partial charge is 0.283 e. The second-order valence-corrected chi connectivity index (χ2v) is 8.85. The summed E-state index contributed by atoms with van der Waals surface area (Å²) in [6, 6.07) is 14.2. The molecule has 4 nitrogen and oxygen atoms in total. The van der Waals surface area contributed by atoms with Crippen molar-refractivity contribution in [2.75, 3.05) is 0 Å². The molecule has 1 heterocycles. The van der Waals surface area contributed by atoms with Crippen LogP contribution >= 0.6 is 38.5 Å². The number of halogens is 2. The van der Waals surface area contributed by atoms with Gasteiger partial charge in [0.1, 0.15) is 0 Å². The first kappa shape index (κ1) is 16.7. The van der Waals surface area contributed by atoms with Crippen LogP contribution in [0.5, 0.6) is 0 Å². The predicted octanol–water partition coefficient (Wildman–Crippen LogP) is 4.46. The molecule has 0 unspecified atom stereocenters. The molecule has 1 aromatic heterocycles. The SMILES string of the molecule is Cc1ccc(S(=O)(=O)n2ncc(I)c2-c2ccc(Br)cc2)cc1. The second kappa shape index (κ2) is 6.37. The first-order chi connectivity index (χ1) is 10.9. The quantitative estimate of drug-likeness (QED) is 0.497. The minimum atomic E-state index is -3.73. The number of aromatic nitrogens is 2. The molecule has 2 aromatic carbocycles. The molecule has 0 N–H and O–H groups in total. The first-order valence-corrected chi connectivity index (χ1v) is 10.0. The lowest BCUT2D eigenvalue weighted by Crippen LogP contribution is -2.16. The van der Waals surface area contributed by atoms with E-state index in [-0.39, 0.29) is 4.90 Å². The summed E-state index contributed by atoms with van der Waals surface area (Å²) in [7, 11) is -3.73. The fourth-order valence-corrected chi connectivity index (χ4v) is 4.55. The number of benzene rings is 2. The maximum absolute atomic E-state index is 12.9. The normalized spacial score (nSPS) is 11.6. The predicted molar refractivity (Wildman–Crippen MR) is 102 cm³/mol. The van der Waals surface area contributed by atoms with E-state index in [1.807, 2.05) is 31.2 Å². The number of hydrogen-bond donors (Lipinski definition) is 0. The van der Waals surface area contributed by atoms with Gasteiger partial charge in [0.15, 0.2) is 0 Å². The highest BCUT2D eigenvalue weighted by Crippen LogP contribution is 2.29. The molecule has 0 bridgehead atoms. The summed E-state index contributed by atoms with van der Waals surface area (Å²) < 4.78 is 28.6. The van der Waals surface area contributed by atoms with Gasteiger partial charge in [0, 0.05) is 10.0 Å². The molecule has 0 saturated carbocycles. The molecular formula is C16H12BrIN2O2S. The molecule has 0 spiro atoms. The fraction of sp³-hybridized carbons (Fsp3) is 0.0625. The van der Waals surface area contributed by atoms with E-state index in [0.29, 0.717) is 5.69 Å². The van der Waals surface area contributed by atoms with E-state index >= 15 is 0 Å². The minimum absolute atomic E-state index is 0.223. The Balaban J connectivity index is 2.18. The molecule has 0 fully saturated rings. The Kier molecular flexibility index (Phi) is 4.61. The Morgan fingerprint density at radius 3 is 2.26 bits per heavy atom. The van der Waals surface area contributed by atoms with Gasteiger partial charge in [-0.25, -0.2) is 0 Å². The fourth-order valence-electron chi connectivity index (χ4n) is 2.16. The minimum Gasteiger partial charge on any atom is -0.199 e. The lowest BCUT2D eigenvalue weighted by molar-refractivity contribution is 0.581. The van der Waals surface area contributed by atoms with Crippen molar-refractivity contribution in [3.63, 3.8) is 0 Å². The average molecular weight is 503 g/mol. The third-order valence-corrected chi connectivity index (χ3v) is 6.28. The van der Waals surface area contributed by atoms with Crippen molar-refractivity contribution in [2.24, 2.45) is 0 Å². The summed E-state index contributed by atoms with van der Waals surface area (Å²) in [5.74, 6) is 0. The van der Waals surface area contributed by atoms with E-state index in [9.17, 15) is 8.42 Å². The molecule has 0 amide bonds. The molecule has 3 aromatic rings. The van der Waals surface area contributed by atoms with Gasteiger partial charge in [0.05, 0.1) is 20.4 Å². The van der Waals surface area contributed by atoms with Crippen LogP contribution in [0.15, 0.2) is 64.1 Å². The zero-order valence-electron chi connectivity index (χ0n) is 12.1. The molecule has 118 valence electrons. The maximum Gasteiger partial charge on any atom is 0.283 e. The van der Waals surface area contributed by atoms with Crippen molar-refractivity contribution in [3.05, 3.63) is 68.3 Å². The van der Waals surface area contributed by atoms with Crippen LogP contribution in [0.3, 0.4) is 0 Å². The highest BCUT2D eigenvalue weighted by molar-refractivity contribution is 14.1. The topological polar surface area (TPSA) is 52.0 Å². The summed E-state index contributed by atoms with van der Waals surface area (Å²) >= 11 is 5.48. The molecule has 0 atom stereocenters. The molecule has 0 aliphatic rings. The van der Waals surface area contributed by atoms with E-state index in [2.05, 4.69) is 43.6 Å². The molecular weight excluding hydrogens is 491 g/mol. The zero-order chi connectivity index (χ0) is 16.6. The van der Waals surface area contributed by atoms with Crippen LogP contribution in [0.4, 0.5) is 0 Å². The third-order valence-electron chi connectivity index (χ3n) is 3.36. The van der Waals surface area contributed by atoms with Gasteiger partial charge in [-0.3, -0.25) is 0 Å². The van der Waals surface area contributed by atoms with Crippen molar-refractivity contribution < 1.29 is 8.42 Å². The summed E-state index contributed by atoms with van der Waals surface area (Å²) in [4.78, 5) is 0.223. The monoisotopic (exact) mass is 502 g/mol. The van der Waals surface area contributed by atoms with E-state index in [1.165, 1.54) is 0 Å². The van der Waals surface area contributed by atoms with Crippen molar-refractivity contribution in [1.82, 2.24) is 9.19 Å². The lowest BCUT2D eigenvalue weighted by Gasteiger charge is -2.10. The summed E-state index contributed by atoms with van der Waals surface area (Å²) in [6.45, 7) is 1.92. The summed E-state index contributed by atoms with van der Waals surface area (Å²) in [6.07, 6.45) is 1.56. The molecule has 0 aliphatic carbocycles. The number of rotatable bonds is 3. The smallest absolute Gasteiger partial charge is 0.199 e. The second-order valence-electron chi connectivity index (χ2n) is 5.01. The maximum atomic E-state index is 12.9. The molecule has 7 heteroatoms. The van der Waals surface area contributed by atoms with Gasteiger partial charge >= 0.3 is 0 Å². The van der Waals surface area contributed by atoms with Crippen molar-refractivity contribution in [3.8, 4) is 11.3 Å². The highest BCUT2D eigenvalue weighted by Gasteiger charge is 2.23. The Morgan fingerprint density at radius 1 is 1.04 bits per heavy atom. The van der Waals surface area contributed by atoms with Crippen molar-refractivity contribution in [1.29, 1.82) is 0 Å². The Hall–Kier alpha value is -1.19. The average Bonchev–Trinajstić information content (AvgIpc) is 2.91. The van der Waals surface area contributed by atoms with Crippen LogP contribution in [0.1, 0.15) is 5.56 Å². The molecule has 0 aliphatic heterocycles. The Morgan fingerprint density at radius 2 is 1.65 bits per heavy atom. The van der Waals surface area contributed by atoms with E-state index in [4.69, 9.17) is 0 Å². The number of hydrogen-bond acceptors (Lipinski definition) is 3. The van der Waals surface area contributed by atoms with Gasteiger partial charge in [-0.05, 0) is 53.8 Å². The van der Waals surface area contributed by atoms with Gasteiger partial charge in [0.2, 0.25) is 0 Å². The molecule has 0 saturated heterocycles. The summed E-state index contributed by atoms with van der Waals surface area (Å²) in [5.41, 5.74) is 2.37. The lowest BCUT2D eigenvalue weighted by atomic mass is 10.2. The zero-order valence-corrected chi connectivity index (χ0v) is 16.6. The van der Waals surface area contributed by atoms with Gasteiger partial charge < -0.3 is 0 Å². The van der Waals surface area contributed by atoms with E-state index < -0.39 is 10.0 Å². The van der Waals surface area contributed by atoms with Crippen LogP contribution in [0.2, 0.25) is 0 Å². The van der Waals surface area contributed by atoms with Crippen molar-refractivity contribution in [2.45, 2.75) is 11.8 Å². The Labute approximate surface area is 156 Å². The number of aryl methyl sites for hydroxylation is 1. The van der Waals surface area contributed by atoms with E-state index in [0.717, 1.165) is 23.3 Å². The van der Waals surface area contributed by atoms with Crippen LogP contribution in [-0.2, 0) is 10.0 Å². The first-order valence-electron chi connectivity index (χ1n) is 6.71. The van der Waals surface area contributed by atoms with E-state index in [1.54, 1.807) is 30.5 Å². The van der Waals surface area contributed by atoms with Gasteiger partial charge in [-0.15, -0.1) is 0 Å². The molecule has 23 heavy (non-hydrogen) atoms. The number of nitrogens with zero attached hydrogens (tertiary/aromatic N) is 2. The van der Waals surface area contributed by atoms with Gasteiger partial charge in [0.25, 0.3) is 10.0 Å². The van der Waals surface area contributed by atoms with Gasteiger partial charge in [-0.1, -0.05) is 45.8 Å². The standard InChI is InChI=1S/C16H12BrIN2O2S/c1-11-2-8-14(9-3-11)23(21,22)20-16(15(18)10-19-20)12-4-6-13(17)7-5-12/h2-10H,1H3. The molecule has 3 rings (SSSR count).